The van der Waals surface area contributed by atoms with Gasteiger partial charge in [0.25, 0.3) is 0 Å². The molecule has 5 nitrogen and oxygen atoms in total. The van der Waals surface area contributed by atoms with Crippen LogP contribution in [0.1, 0.15) is 31.0 Å². The second-order valence-electron chi connectivity index (χ2n) is 4.85. The van der Waals surface area contributed by atoms with Crippen LogP contribution in [-0.4, -0.2) is 27.2 Å². The molecule has 0 aliphatic rings. The van der Waals surface area contributed by atoms with E-state index in [0.717, 1.165) is 30.3 Å². The average molecular weight is 290 g/mol. The number of aryl methyl sites for hydroxylation is 2. The molecule has 2 heterocycles. The number of nitrogens with one attached hydrogen (secondary N) is 1. The summed E-state index contributed by atoms with van der Waals surface area (Å²) in [5, 5.41) is 7.14. The number of amides is 1. The Kier molecular flexibility index (Phi) is 5.03. The van der Waals surface area contributed by atoms with Crippen LogP contribution in [0.15, 0.2) is 24.7 Å². The number of nitrogens with zero attached hydrogens (tertiary/aromatic N) is 3. The van der Waals surface area contributed by atoms with Crippen molar-refractivity contribution < 1.29 is 9.18 Å². The number of hydrogen-bond acceptors (Lipinski definition) is 3. The lowest BCUT2D eigenvalue weighted by Gasteiger charge is -2.01. The van der Waals surface area contributed by atoms with E-state index in [0.29, 0.717) is 18.7 Å². The van der Waals surface area contributed by atoms with Crippen LogP contribution in [0, 0.1) is 12.7 Å². The Balaban J connectivity index is 2.01. The fourth-order valence-electron chi connectivity index (χ4n) is 2.12. The smallest absolute Gasteiger partial charge is 0.219 e. The van der Waals surface area contributed by atoms with Crippen LogP contribution in [0.4, 0.5) is 4.39 Å². The first kappa shape index (κ1) is 15.2. The molecule has 112 valence electrons. The Labute approximate surface area is 123 Å². The molecular formula is C15H19FN4O. The second kappa shape index (κ2) is 6.97. The SMILES string of the molecule is CCNC(=O)CCCc1cn(-c2cncc(F)c2)nc1C. The minimum atomic E-state index is -0.390. The van der Waals surface area contributed by atoms with Gasteiger partial charge in [-0.1, -0.05) is 0 Å². The Morgan fingerprint density at radius 3 is 2.95 bits per heavy atom. The van der Waals surface area contributed by atoms with Gasteiger partial charge in [0.2, 0.25) is 5.91 Å². The van der Waals surface area contributed by atoms with Gasteiger partial charge in [-0.15, -0.1) is 0 Å². The molecule has 1 amide bonds. The molecule has 0 aromatic carbocycles. The molecule has 0 saturated carbocycles. The summed E-state index contributed by atoms with van der Waals surface area (Å²) in [6.45, 7) is 4.46. The van der Waals surface area contributed by atoms with Gasteiger partial charge in [-0.05, 0) is 32.3 Å². The van der Waals surface area contributed by atoms with Crippen LogP contribution in [-0.2, 0) is 11.2 Å². The van der Waals surface area contributed by atoms with Crippen molar-refractivity contribution in [2.24, 2.45) is 0 Å². The quantitative estimate of drug-likeness (QED) is 0.887. The Morgan fingerprint density at radius 1 is 1.43 bits per heavy atom. The highest BCUT2D eigenvalue weighted by Crippen LogP contribution is 2.14. The molecule has 0 bridgehead atoms. The van der Waals surface area contributed by atoms with Gasteiger partial charge in [0.05, 0.1) is 23.8 Å². The Morgan fingerprint density at radius 2 is 2.24 bits per heavy atom. The largest absolute Gasteiger partial charge is 0.356 e. The number of carbonyl (C=O) groups excluding carboxylic acids is 1. The van der Waals surface area contributed by atoms with Gasteiger partial charge in [-0.25, -0.2) is 9.07 Å². The molecule has 0 atom stereocenters. The van der Waals surface area contributed by atoms with Crippen molar-refractivity contribution in [3.05, 3.63) is 41.7 Å². The molecule has 21 heavy (non-hydrogen) atoms. The van der Waals surface area contributed by atoms with Crippen LogP contribution >= 0.6 is 0 Å². The third kappa shape index (κ3) is 4.11. The van der Waals surface area contributed by atoms with Crippen LogP contribution < -0.4 is 5.32 Å². The maximum atomic E-state index is 13.2. The zero-order valence-corrected chi connectivity index (χ0v) is 12.3. The maximum Gasteiger partial charge on any atom is 0.219 e. The van der Waals surface area contributed by atoms with E-state index in [2.05, 4.69) is 15.4 Å². The summed E-state index contributed by atoms with van der Waals surface area (Å²) in [6, 6.07) is 1.39. The van der Waals surface area contributed by atoms with Gasteiger partial charge in [0, 0.05) is 25.2 Å². The fraction of sp³-hybridized carbons (Fsp3) is 0.400. The van der Waals surface area contributed by atoms with Gasteiger partial charge in [0.1, 0.15) is 5.82 Å². The van der Waals surface area contributed by atoms with E-state index in [1.165, 1.54) is 6.07 Å². The maximum absolute atomic E-state index is 13.2. The Hall–Kier alpha value is -2.24. The van der Waals surface area contributed by atoms with E-state index in [9.17, 15) is 9.18 Å². The van der Waals surface area contributed by atoms with Gasteiger partial charge >= 0.3 is 0 Å². The third-order valence-electron chi connectivity index (χ3n) is 3.18. The Bertz CT molecular complexity index is 624. The van der Waals surface area contributed by atoms with Gasteiger partial charge in [-0.2, -0.15) is 5.10 Å². The summed E-state index contributed by atoms with van der Waals surface area (Å²) in [5.74, 6) is -0.324. The van der Waals surface area contributed by atoms with E-state index in [4.69, 9.17) is 0 Å². The minimum Gasteiger partial charge on any atom is -0.356 e. The molecule has 2 aromatic heterocycles. The second-order valence-corrected chi connectivity index (χ2v) is 4.85. The molecule has 2 rings (SSSR count). The lowest BCUT2D eigenvalue weighted by atomic mass is 10.1. The van der Waals surface area contributed by atoms with Crippen molar-refractivity contribution in [1.82, 2.24) is 20.1 Å². The van der Waals surface area contributed by atoms with Crippen molar-refractivity contribution in [1.29, 1.82) is 0 Å². The van der Waals surface area contributed by atoms with Gasteiger partial charge in [0.15, 0.2) is 0 Å². The van der Waals surface area contributed by atoms with Crippen LogP contribution in [0.2, 0.25) is 0 Å². The van der Waals surface area contributed by atoms with E-state index >= 15 is 0 Å². The number of rotatable bonds is 6. The van der Waals surface area contributed by atoms with E-state index in [-0.39, 0.29) is 5.91 Å². The topological polar surface area (TPSA) is 59.8 Å². The van der Waals surface area contributed by atoms with E-state index < -0.39 is 5.82 Å². The lowest BCUT2D eigenvalue weighted by molar-refractivity contribution is -0.121. The highest BCUT2D eigenvalue weighted by atomic mass is 19.1. The molecule has 6 heteroatoms. The molecule has 0 radical (unpaired) electrons. The van der Waals surface area contributed by atoms with Crippen molar-refractivity contribution in [3.63, 3.8) is 0 Å². The molecule has 0 spiro atoms. The molecule has 2 aromatic rings. The van der Waals surface area contributed by atoms with E-state index in [1.807, 2.05) is 20.0 Å². The lowest BCUT2D eigenvalue weighted by Crippen LogP contribution is -2.22. The van der Waals surface area contributed by atoms with E-state index in [1.54, 1.807) is 10.9 Å². The van der Waals surface area contributed by atoms with Crippen molar-refractivity contribution in [2.45, 2.75) is 33.1 Å². The molecule has 0 aliphatic heterocycles. The molecule has 0 saturated heterocycles. The molecule has 0 unspecified atom stereocenters. The predicted octanol–water partition coefficient (Wildman–Crippen LogP) is 2.17. The van der Waals surface area contributed by atoms with Gasteiger partial charge in [-0.3, -0.25) is 9.78 Å². The molecular weight excluding hydrogens is 271 g/mol. The number of carbonyl (C=O) groups is 1. The van der Waals surface area contributed by atoms with Gasteiger partial charge < -0.3 is 5.32 Å². The van der Waals surface area contributed by atoms with Crippen LogP contribution in [0.3, 0.4) is 0 Å². The predicted molar refractivity (Wildman–Crippen MR) is 77.7 cm³/mol. The zero-order chi connectivity index (χ0) is 15.2. The standard InChI is InChI=1S/C15H19FN4O/c1-3-18-15(21)6-4-5-12-10-20(19-11(12)2)14-7-13(16)8-17-9-14/h7-10H,3-6H2,1-2H3,(H,18,21). The first-order valence-electron chi connectivity index (χ1n) is 7.03. The first-order valence-corrected chi connectivity index (χ1v) is 7.03. The summed E-state index contributed by atoms with van der Waals surface area (Å²) in [4.78, 5) is 15.2. The van der Waals surface area contributed by atoms with Crippen LogP contribution in [0.25, 0.3) is 5.69 Å². The van der Waals surface area contributed by atoms with Crippen LogP contribution in [0.5, 0.6) is 0 Å². The number of aromatic nitrogens is 3. The highest BCUT2D eigenvalue weighted by Gasteiger charge is 2.08. The molecule has 0 fully saturated rings. The first-order chi connectivity index (χ1) is 10.1. The summed E-state index contributed by atoms with van der Waals surface area (Å²) in [5.41, 5.74) is 2.53. The number of pyridine rings is 1. The number of halogens is 1. The fourth-order valence-corrected chi connectivity index (χ4v) is 2.12. The van der Waals surface area contributed by atoms with Crippen molar-refractivity contribution in [3.8, 4) is 5.69 Å². The minimum absolute atomic E-state index is 0.0666. The van der Waals surface area contributed by atoms with Crippen molar-refractivity contribution in [2.75, 3.05) is 6.54 Å². The molecule has 1 N–H and O–H groups in total. The summed E-state index contributed by atoms with van der Waals surface area (Å²) < 4.78 is 14.8. The summed E-state index contributed by atoms with van der Waals surface area (Å²) in [7, 11) is 0. The molecule has 0 aliphatic carbocycles. The third-order valence-corrected chi connectivity index (χ3v) is 3.18. The normalized spacial score (nSPS) is 10.6. The van der Waals surface area contributed by atoms with Crippen molar-refractivity contribution >= 4 is 5.91 Å². The monoisotopic (exact) mass is 290 g/mol. The summed E-state index contributed by atoms with van der Waals surface area (Å²) in [6.07, 6.45) is 6.62. The average Bonchev–Trinajstić information content (AvgIpc) is 2.81. The zero-order valence-electron chi connectivity index (χ0n) is 12.3. The highest BCUT2D eigenvalue weighted by molar-refractivity contribution is 5.75. The number of hydrogen-bond donors (Lipinski definition) is 1. The summed E-state index contributed by atoms with van der Waals surface area (Å²) >= 11 is 0.